The van der Waals surface area contributed by atoms with Crippen molar-refractivity contribution in [3.05, 3.63) is 53.2 Å². The van der Waals surface area contributed by atoms with Gasteiger partial charge in [0.15, 0.2) is 0 Å². The smallest absolute Gasteiger partial charge is 0.258 e. The molecule has 1 aliphatic rings. The number of rotatable bonds is 3. The zero-order valence-corrected chi connectivity index (χ0v) is 13.0. The topological polar surface area (TPSA) is 55.3 Å². The number of ether oxygens (including phenoxy) is 1. The van der Waals surface area contributed by atoms with Gasteiger partial charge in [-0.2, -0.15) is 0 Å². The predicted molar refractivity (Wildman–Crippen MR) is 83.0 cm³/mol. The molecule has 7 heteroatoms. The minimum absolute atomic E-state index is 0.0353. The highest BCUT2D eigenvalue weighted by molar-refractivity contribution is 6.33. The predicted octanol–water partition coefficient (Wildman–Crippen LogP) is 2.95. The van der Waals surface area contributed by atoms with Gasteiger partial charge >= 0.3 is 0 Å². The van der Waals surface area contributed by atoms with Crippen LogP contribution >= 0.6 is 11.6 Å². The molecule has 2 heterocycles. The molecule has 1 aromatic carbocycles. The molecule has 0 spiro atoms. The normalized spacial score (nSPS) is 15.5. The third kappa shape index (κ3) is 3.59. The number of likely N-dealkylation sites (tertiary alicyclic amines) is 1. The first-order chi connectivity index (χ1) is 11.1. The first-order valence-electron chi connectivity index (χ1n) is 7.31. The second-order valence-corrected chi connectivity index (χ2v) is 5.66. The summed E-state index contributed by atoms with van der Waals surface area (Å²) < 4.78 is 19.6. The van der Waals surface area contributed by atoms with Gasteiger partial charge in [-0.3, -0.25) is 9.78 Å². The molecule has 120 valence electrons. The van der Waals surface area contributed by atoms with E-state index in [1.165, 1.54) is 18.2 Å². The van der Waals surface area contributed by atoms with Crippen LogP contribution in [0.1, 0.15) is 23.2 Å². The molecule has 0 saturated carbocycles. The number of nitrogens with zero attached hydrogens (tertiary/aromatic N) is 3. The van der Waals surface area contributed by atoms with Gasteiger partial charge in [-0.25, -0.2) is 9.37 Å². The maximum Gasteiger partial charge on any atom is 0.258 e. The summed E-state index contributed by atoms with van der Waals surface area (Å²) in [5, 5.41) is 0.132. The van der Waals surface area contributed by atoms with Crippen molar-refractivity contribution < 1.29 is 13.9 Å². The van der Waals surface area contributed by atoms with Crippen molar-refractivity contribution in [2.75, 3.05) is 13.1 Å². The number of carbonyl (C=O) groups is 1. The lowest BCUT2D eigenvalue weighted by Gasteiger charge is -2.32. The van der Waals surface area contributed by atoms with Gasteiger partial charge in [-0.15, -0.1) is 0 Å². The number of halogens is 2. The van der Waals surface area contributed by atoms with Crippen LogP contribution in [-0.2, 0) is 0 Å². The lowest BCUT2D eigenvalue weighted by Crippen LogP contribution is -2.42. The summed E-state index contributed by atoms with van der Waals surface area (Å²) in [6.07, 6.45) is 5.95. The number of amides is 1. The Kier molecular flexibility index (Phi) is 4.71. The number of benzene rings is 1. The maximum atomic E-state index is 13.8. The van der Waals surface area contributed by atoms with Crippen molar-refractivity contribution in [2.45, 2.75) is 18.9 Å². The molecule has 1 aromatic heterocycles. The fourth-order valence-electron chi connectivity index (χ4n) is 2.55. The number of hydrogen-bond acceptors (Lipinski definition) is 4. The Balaban J connectivity index is 1.62. The molecule has 0 atom stereocenters. The average molecular weight is 336 g/mol. The van der Waals surface area contributed by atoms with E-state index in [4.69, 9.17) is 16.3 Å². The fourth-order valence-corrected chi connectivity index (χ4v) is 2.80. The maximum absolute atomic E-state index is 13.8. The lowest BCUT2D eigenvalue weighted by atomic mass is 10.1. The lowest BCUT2D eigenvalue weighted by molar-refractivity contribution is 0.0583. The quantitative estimate of drug-likeness (QED) is 0.865. The van der Waals surface area contributed by atoms with Gasteiger partial charge in [0, 0.05) is 38.3 Å². The molecule has 0 radical (unpaired) electrons. The number of hydrogen-bond donors (Lipinski definition) is 0. The van der Waals surface area contributed by atoms with E-state index in [-0.39, 0.29) is 22.6 Å². The van der Waals surface area contributed by atoms with Gasteiger partial charge in [-0.1, -0.05) is 17.7 Å². The molecule has 23 heavy (non-hydrogen) atoms. The second-order valence-electron chi connectivity index (χ2n) is 5.25. The molecule has 0 N–H and O–H groups in total. The largest absolute Gasteiger partial charge is 0.473 e. The number of carbonyl (C=O) groups excluding carboxylic acids is 1. The molecule has 0 aliphatic carbocycles. The van der Waals surface area contributed by atoms with E-state index in [0.717, 1.165) is 0 Å². The van der Waals surface area contributed by atoms with Gasteiger partial charge in [0.05, 0.1) is 16.8 Å². The molecule has 1 aliphatic heterocycles. The van der Waals surface area contributed by atoms with Crippen molar-refractivity contribution in [3.8, 4) is 5.88 Å². The highest BCUT2D eigenvalue weighted by Crippen LogP contribution is 2.23. The van der Waals surface area contributed by atoms with Gasteiger partial charge in [0.1, 0.15) is 11.9 Å². The summed E-state index contributed by atoms with van der Waals surface area (Å²) in [5.74, 6) is -0.513. The first kappa shape index (κ1) is 15.7. The number of aromatic nitrogens is 2. The van der Waals surface area contributed by atoms with Gasteiger partial charge < -0.3 is 9.64 Å². The second kappa shape index (κ2) is 6.91. The molecular formula is C16H15ClFN3O2. The third-order valence-electron chi connectivity index (χ3n) is 3.73. The zero-order valence-electron chi connectivity index (χ0n) is 12.3. The van der Waals surface area contributed by atoms with E-state index >= 15 is 0 Å². The monoisotopic (exact) mass is 335 g/mol. The van der Waals surface area contributed by atoms with Crippen LogP contribution in [0, 0.1) is 5.82 Å². The number of piperidine rings is 1. The van der Waals surface area contributed by atoms with E-state index in [0.29, 0.717) is 31.8 Å². The van der Waals surface area contributed by atoms with Crippen molar-refractivity contribution in [1.82, 2.24) is 14.9 Å². The third-order valence-corrected chi connectivity index (χ3v) is 4.05. The highest BCUT2D eigenvalue weighted by atomic mass is 35.5. The van der Waals surface area contributed by atoms with Crippen molar-refractivity contribution in [2.24, 2.45) is 0 Å². The van der Waals surface area contributed by atoms with Crippen molar-refractivity contribution >= 4 is 17.5 Å². The van der Waals surface area contributed by atoms with Crippen LogP contribution in [0.15, 0.2) is 36.8 Å². The van der Waals surface area contributed by atoms with Crippen LogP contribution in [-0.4, -0.2) is 40.0 Å². The standard InChI is InChI=1S/C16H15ClFN3O2/c17-12-2-1-3-13(18)15(12)16(22)21-8-4-11(5-9-21)23-14-10-19-6-7-20-14/h1-3,6-7,10-11H,4-5,8-9H2. The van der Waals surface area contributed by atoms with Gasteiger partial charge in [0.2, 0.25) is 5.88 Å². The molecule has 0 unspecified atom stereocenters. The molecule has 3 rings (SSSR count). The zero-order chi connectivity index (χ0) is 16.2. The van der Waals surface area contributed by atoms with Gasteiger partial charge in [-0.05, 0) is 12.1 Å². The van der Waals surface area contributed by atoms with Crippen LogP contribution < -0.4 is 4.74 Å². The van der Waals surface area contributed by atoms with Crippen LogP contribution in [0.4, 0.5) is 4.39 Å². The molecule has 1 fully saturated rings. The summed E-state index contributed by atoms with van der Waals surface area (Å²) in [6.45, 7) is 0.961. The molecule has 2 aromatic rings. The average Bonchev–Trinajstić information content (AvgIpc) is 2.56. The summed E-state index contributed by atoms with van der Waals surface area (Å²) in [7, 11) is 0. The Labute approximate surface area is 138 Å². The van der Waals surface area contributed by atoms with Crippen LogP contribution in [0.5, 0.6) is 5.88 Å². The van der Waals surface area contributed by atoms with Crippen molar-refractivity contribution in [3.63, 3.8) is 0 Å². The minimum atomic E-state index is -0.597. The molecule has 1 saturated heterocycles. The molecule has 5 nitrogen and oxygen atoms in total. The Morgan fingerprint density at radius 3 is 2.74 bits per heavy atom. The summed E-state index contributed by atoms with van der Waals surface area (Å²) in [5.41, 5.74) is -0.0672. The Morgan fingerprint density at radius 1 is 1.30 bits per heavy atom. The Morgan fingerprint density at radius 2 is 2.09 bits per heavy atom. The van der Waals surface area contributed by atoms with Crippen LogP contribution in [0.2, 0.25) is 5.02 Å². The fraction of sp³-hybridized carbons (Fsp3) is 0.312. The van der Waals surface area contributed by atoms with E-state index in [2.05, 4.69) is 9.97 Å². The molecular weight excluding hydrogens is 321 g/mol. The minimum Gasteiger partial charge on any atom is -0.473 e. The van der Waals surface area contributed by atoms with Crippen molar-refractivity contribution in [1.29, 1.82) is 0 Å². The van der Waals surface area contributed by atoms with E-state index in [9.17, 15) is 9.18 Å². The highest BCUT2D eigenvalue weighted by Gasteiger charge is 2.27. The van der Waals surface area contributed by atoms with Gasteiger partial charge in [0.25, 0.3) is 5.91 Å². The molecule has 1 amide bonds. The van der Waals surface area contributed by atoms with Crippen LogP contribution in [0.25, 0.3) is 0 Å². The Hall–Kier alpha value is -2.21. The van der Waals surface area contributed by atoms with E-state index in [1.54, 1.807) is 23.5 Å². The molecule has 0 bridgehead atoms. The SMILES string of the molecule is O=C(c1c(F)cccc1Cl)N1CCC(Oc2cnccn2)CC1. The Bertz CT molecular complexity index is 671. The summed E-state index contributed by atoms with van der Waals surface area (Å²) in [6, 6.07) is 4.24. The summed E-state index contributed by atoms with van der Waals surface area (Å²) >= 11 is 5.95. The van der Waals surface area contributed by atoms with E-state index < -0.39 is 5.82 Å². The first-order valence-corrected chi connectivity index (χ1v) is 7.69. The van der Waals surface area contributed by atoms with Crippen LogP contribution in [0.3, 0.4) is 0 Å². The summed E-state index contributed by atoms with van der Waals surface area (Å²) in [4.78, 5) is 22.1. The van der Waals surface area contributed by atoms with E-state index in [1.807, 2.05) is 0 Å².